The summed E-state index contributed by atoms with van der Waals surface area (Å²) in [4.78, 5) is 23.0. The number of benzene rings is 1. The van der Waals surface area contributed by atoms with Crippen LogP contribution in [0.1, 0.15) is 52.0 Å². The van der Waals surface area contributed by atoms with Gasteiger partial charge < -0.3 is 9.84 Å². The first-order chi connectivity index (χ1) is 10.7. The molecule has 0 atom stereocenters. The number of aliphatic carboxylic acids is 1. The largest absolute Gasteiger partial charge is 0.481 e. The molecule has 1 aromatic carbocycles. The Morgan fingerprint density at radius 1 is 1.22 bits per heavy atom. The van der Waals surface area contributed by atoms with Crippen LogP contribution in [0.25, 0.3) is 0 Å². The lowest BCUT2D eigenvalue weighted by Crippen LogP contribution is -2.38. The van der Waals surface area contributed by atoms with Crippen LogP contribution in [0, 0.1) is 5.41 Å². The van der Waals surface area contributed by atoms with Gasteiger partial charge in [0.2, 0.25) is 0 Å². The molecule has 1 aromatic rings. The Morgan fingerprint density at radius 2 is 1.83 bits per heavy atom. The van der Waals surface area contributed by atoms with Crippen LogP contribution in [0.3, 0.4) is 0 Å². The van der Waals surface area contributed by atoms with Crippen molar-refractivity contribution >= 4 is 17.7 Å². The zero-order valence-electron chi connectivity index (χ0n) is 14.0. The van der Waals surface area contributed by atoms with Gasteiger partial charge in [-0.15, -0.1) is 0 Å². The molecule has 0 aromatic heterocycles. The number of rotatable bonds is 5. The minimum Gasteiger partial charge on any atom is -0.481 e. The molecule has 126 valence electrons. The van der Waals surface area contributed by atoms with E-state index in [-0.39, 0.29) is 0 Å². The Hall–Kier alpha value is -2.04. The van der Waals surface area contributed by atoms with Crippen LogP contribution in [0.4, 0.5) is 10.5 Å². The zero-order chi connectivity index (χ0) is 17.1. The lowest BCUT2D eigenvalue weighted by atomic mass is 9.66. The molecule has 0 heterocycles. The van der Waals surface area contributed by atoms with Crippen LogP contribution in [-0.4, -0.2) is 22.8 Å². The predicted molar refractivity (Wildman–Crippen MR) is 88.5 cm³/mol. The molecule has 1 aliphatic rings. The fourth-order valence-electron chi connectivity index (χ4n) is 2.73. The number of carbonyl (C=O) groups is 2. The van der Waals surface area contributed by atoms with E-state index in [1.165, 1.54) is 0 Å². The van der Waals surface area contributed by atoms with Gasteiger partial charge in [-0.05, 0) is 64.2 Å². The number of hydrogen-bond donors (Lipinski definition) is 2. The second kappa shape index (κ2) is 6.60. The van der Waals surface area contributed by atoms with Crippen LogP contribution in [0.15, 0.2) is 24.3 Å². The first-order valence-electron chi connectivity index (χ1n) is 8.03. The van der Waals surface area contributed by atoms with Gasteiger partial charge in [0.25, 0.3) is 0 Å². The maximum absolute atomic E-state index is 11.7. The molecule has 2 rings (SSSR count). The Balaban J connectivity index is 1.87. The fraction of sp³-hybridized carbons (Fsp3) is 0.556. The van der Waals surface area contributed by atoms with E-state index < -0.39 is 23.1 Å². The number of ether oxygens (including phenoxy) is 1. The number of hydrogen-bond acceptors (Lipinski definition) is 3. The van der Waals surface area contributed by atoms with Crippen molar-refractivity contribution in [2.75, 3.05) is 5.32 Å². The Kier molecular flexibility index (Phi) is 4.97. The van der Waals surface area contributed by atoms with Crippen molar-refractivity contribution in [3.05, 3.63) is 29.8 Å². The number of carbonyl (C=O) groups excluding carboxylic acids is 1. The molecule has 5 nitrogen and oxygen atoms in total. The fourth-order valence-corrected chi connectivity index (χ4v) is 2.73. The second-order valence-corrected chi connectivity index (χ2v) is 7.26. The molecule has 1 aliphatic carbocycles. The molecule has 2 N–H and O–H groups in total. The topological polar surface area (TPSA) is 75.6 Å². The minimum atomic E-state index is -0.674. The highest BCUT2D eigenvalue weighted by Crippen LogP contribution is 2.44. The van der Waals surface area contributed by atoms with Gasteiger partial charge in [0.1, 0.15) is 5.60 Å². The number of carboxylic acids is 1. The van der Waals surface area contributed by atoms with Crippen molar-refractivity contribution in [1.82, 2.24) is 0 Å². The van der Waals surface area contributed by atoms with Gasteiger partial charge >= 0.3 is 12.1 Å². The summed E-state index contributed by atoms with van der Waals surface area (Å²) in [5, 5.41) is 12.0. The van der Waals surface area contributed by atoms with Crippen LogP contribution >= 0.6 is 0 Å². The lowest BCUT2D eigenvalue weighted by molar-refractivity contribution is -0.155. The van der Waals surface area contributed by atoms with Gasteiger partial charge in [0.05, 0.1) is 5.41 Å². The number of carboxylic acid groups (broad SMARTS) is 1. The highest BCUT2D eigenvalue weighted by atomic mass is 16.6. The predicted octanol–water partition coefficient (Wildman–Crippen LogP) is 4.22. The Bertz CT molecular complexity index is 568. The molecule has 1 saturated carbocycles. The van der Waals surface area contributed by atoms with E-state index in [2.05, 4.69) is 5.32 Å². The van der Waals surface area contributed by atoms with Crippen molar-refractivity contribution in [2.45, 2.75) is 58.5 Å². The Labute approximate surface area is 137 Å². The highest BCUT2D eigenvalue weighted by molar-refractivity contribution is 5.84. The summed E-state index contributed by atoms with van der Waals surface area (Å²) in [6.45, 7) is 5.44. The molecule has 0 spiro atoms. The number of aryl methyl sites for hydroxylation is 1. The minimum absolute atomic E-state index is 0.482. The average molecular weight is 319 g/mol. The molecule has 5 heteroatoms. The molecule has 1 amide bonds. The van der Waals surface area contributed by atoms with E-state index in [9.17, 15) is 14.7 Å². The normalized spacial score (nSPS) is 16.3. The third kappa shape index (κ3) is 4.71. The van der Waals surface area contributed by atoms with Crippen molar-refractivity contribution in [3.63, 3.8) is 0 Å². The highest BCUT2D eigenvalue weighted by Gasteiger charge is 2.43. The zero-order valence-corrected chi connectivity index (χ0v) is 14.0. The van der Waals surface area contributed by atoms with E-state index >= 15 is 0 Å². The van der Waals surface area contributed by atoms with Crippen LogP contribution in [-0.2, 0) is 16.0 Å². The van der Waals surface area contributed by atoms with Crippen LogP contribution in [0.5, 0.6) is 0 Å². The summed E-state index contributed by atoms with van der Waals surface area (Å²) < 4.78 is 5.20. The standard InChI is InChI=1S/C18H25NO4/c1-17(2,3)23-16(22)19-14-7-5-13(6-8-14)9-12-18(15(20)21)10-4-11-18/h5-8H,4,9-12H2,1-3H3,(H,19,22)(H,20,21). The van der Waals surface area contributed by atoms with E-state index in [0.29, 0.717) is 12.1 Å². The van der Waals surface area contributed by atoms with Gasteiger partial charge in [-0.25, -0.2) is 4.79 Å². The summed E-state index contributed by atoms with van der Waals surface area (Å²) in [5.41, 5.74) is 0.692. The molecule has 23 heavy (non-hydrogen) atoms. The maximum Gasteiger partial charge on any atom is 0.412 e. The lowest BCUT2D eigenvalue weighted by Gasteiger charge is -2.37. The van der Waals surface area contributed by atoms with E-state index in [4.69, 9.17) is 4.74 Å². The molecule has 0 radical (unpaired) electrons. The van der Waals surface area contributed by atoms with Gasteiger partial charge in [-0.1, -0.05) is 18.6 Å². The van der Waals surface area contributed by atoms with Crippen LogP contribution in [0.2, 0.25) is 0 Å². The Morgan fingerprint density at radius 3 is 2.26 bits per heavy atom. The van der Waals surface area contributed by atoms with Crippen LogP contribution < -0.4 is 5.32 Å². The average Bonchev–Trinajstić information content (AvgIpc) is 2.36. The third-order valence-corrected chi connectivity index (χ3v) is 4.26. The van der Waals surface area contributed by atoms with Gasteiger partial charge in [0, 0.05) is 5.69 Å². The van der Waals surface area contributed by atoms with E-state index in [0.717, 1.165) is 31.2 Å². The molecule has 0 unspecified atom stereocenters. The first kappa shape index (κ1) is 17.3. The summed E-state index contributed by atoms with van der Waals surface area (Å²) in [6.07, 6.45) is 3.48. The van der Waals surface area contributed by atoms with E-state index in [1.807, 2.05) is 45.0 Å². The molecular formula is C18H25NO4. The first-order valence-corrected chi connectivity index (χ1v) is 8.03. The van der Waals surface area contributed by atoms with Crippen molar-refractivity contribution in [3.8, 4) is 0 Å². The summed E-state index contributed by atoms with van der Waals surface area (Å²) in [6, 6.07) is 7.46. The molecule has 1 fully saturated rings. The quantitative estimate of drug-likeness (QED) is 0.852. The summed E-state index contributed by atoms with van der Waals surface area (Å²) in [7, 11) is 0. The summed E-state index contributed by atoms with van der Waals surface area (Å²) in [5.74, 6) is -0.674. The molecule has 0 saturated heterocycles. The maximum atomic E-state index is 11.7. The number of anilines is 1. The van der Waals surface area contributed by atoms with Crippen molar-refractivity contribution in [1.29, 1.82) is 0 Å². The summed E-state index contributed by atoms with van der Waals surface area (Å²) >= 11 is 0. The third-order valence-electron chi connectivity index (χ3n) is 4.26. The SMILES string of the molecule is CC(C)(C)OC(=O)Nc1ccc(CCC2(C(=O)O)CCC2)cc1. The van der Waals surface area contributed by atoms with Crippen molar-refractivity contribution < 1.29 is 19.4 Å². The van der Waals surface area contributed by atoms with Crippen molar-refractivity contribution in [2.24, 2.45) is 5.41 Å². The number of amides is 1. The second-order valence-electron chi connectivity index (χ2n) is 7.26. The van der Waals surface area contributed by atoms with Gasteiger partial charge in [0.15, 0.2) is 0 Å². The number of nitrogens with one attached hydrogen (secondary N) is 1. The molecule has 0 aliphatic heterocycles. The smallest absolute Gasteiger partial charge is 0.412 e. The molecular weight excluding hydrogens is 294 g/mol. The van der Waals surface area contributed by atoms with E-state index in [1.54, 1.807) is 0 Å². The van der Waals surface area contributed by atoms with Gasteiger partial charge in [-0.2, -0.15) is 0 Å². The monoisotopic (exact) mass is 319 g/mol. The van der Waals surface area contributed by atoms with Gasteiger partial charge in [-0.3, -0.25) is 10.1 Å². The molecule has 0 bridgehead atoms.